The number of pyridine rings is 1. The molecular formula is C27H25F3N6O2. The summed E-state index contributed by atoms with van der Waals surface area (Å²) in [5.74, 6) is -0.178. The molecule has 4 aromatic rings. The van der Waals surface area contributed by atoms with E-state index in [1.165, 1.54) is 6.92 Å². The average Bonchev–Trinajstić information content (AvgIpc) is 3.31. The van der Waals surface area contributed by atoms with Crippen molar-refractivity contribution in [2.75, 3.05) is 23.7 Å². The van der Waals surface area contributed by atoms with Gasteiger partial charge in [-0.3, -0.25) is 9.59 Å². The van der Waals surface area contributed by atoms with Gasteiger partial charge in [0.1, 0.15) is 0 Å². The Morgan fingerprint density at radius 2 is 1.58 bits per heavy atom. The molecule has 1 saturated heterocycles. The van der Waals surface area contributed by atoms with Crippen LogP contribution >= 0.6 is 0 Å². The number of likely N-dealkylation sites (tertiary alicyclic amines) is 1. The number of carbonyl (C=O) groups excluding carboxylic acids is 2. The van der Waals surface area contributed by atoms with E-state index in [4.69, 9.17) is 0 Å². The van der Waals surface area contributed by atoms with Crippen LogP contribution < -0.4 is 10.6 Å². The highest BCUT2D eigenvalue weighted by Crippen LogP contribution is 2.34. The van der Waals surface area contributed by atoms with E-state index >= 15 is 0 Å². The number of halogens is 3. The maximum absolute atomic E-state index is 13.7. The molecule has 0 spiro atoms. The number of hydrogen-bond donors (Lipinski definition) is 2. The minimum absolute atomic E-state index is 0.0797. The zero-order valence-electron chi connectivity index (χ0n) is 20.5. The third-order valence-corrected chi connectivity index (χ3v) is 6.31. The molecule has 38 heavy (non-hydrogen) atoms. The van der Waals surface area contributed by atoms with Crippen LogP contribution in [-0.4, -0.2) is 44.4 Å². The van der Waals surface area contributed by atoms with Gasteiger partial charge in [-0.25, -0.2) is 4.52 Å². The number of fused-ring (bicyclic) bond motifs is 1. The van der Waals surface area contributed by atoms with Crippen LogP contribution in [0.5, 0.6) is 0 Å². The summed E-state index contributed by atoms with van der Waals surface area (Å²) in [4.78, 5) is 30.3. The van der Waals surface area contributed by atoms with Crippen molar-refractivity contribution in [2.24, 2.45) is 0 Å². The van der Waals surface area contributed by atoms with Crippen molar-refractivity contribution in [1.82, 2.24) is 19.5 Å². The molecule has 11 heteroatoms. The topological polar surface area (TPSA) is 91.6 Å². The van der Waals surface area contributed by atoms with Gasteiger partial charge in [0.15, 0.2) is 5.65 Å². The molecule has 2 N–H and O–H groups in total. The fraction of sp³-hybridized carbons (Fsp3) is 0.259. The Hall–Kier alpha value is -4.41. The maximum atomic E-state index is 13.7. The third kappa shape index (κ3) is 5.46. The van der Waals surface area contributed by atoms with Gasteiger partial charge in [0.25, 0.3) is 5.91 Å². The maximum Gasteiger partial charge on any atom is 0.417 e. The number of piperidine rings is 1. The summed E-state index contributed by atoms with van der Waals surface area (Å²) in [6.07, 6.45) is -0.660. The molecule has 2 aromatic heterocycles. The second-order valence-corrected chi connectivity index (χ2v) is 9.16. The van der Waals surface area contributed by atoms with Gasteiger partial charge in [0.2, 0.25) is 11.9 Å². The van der Waals surface area contributed by atoms with Gasteiger partial charge in [0, 0.05) is 48.7 Å². The van der Waals surface area contributed by atoms with Gasteiger partial charge in [-0.1, -0.05) is 12.1 Å². The number of benzene rings is 2. The average molecular weight is 523 g/mol. The van der Waals surface area contributed by atoms with Crippen molar-refractivity contribution in [3.63, 3.8) is 0 Å². The normalized spacial score (nSPS) is 13.9. The van der Waals surface area contributed by atoms with Crippen LogP contribution in [0, 0.1) is 0 Å². The lowest BCUT2D eigenvalue weighted by molar-refractivity contribution is -0.137. The van der Waals surface area contributed by atoms with E-state index in [9.17, 15) is 22.8 Å². The summed E-state index contributed by atoms with van der Waals surface area (Å²) < 4.78 is 42.2. The number of nitrogens with zero attached hydrogens (tertiary/aromatic N) is 4. The minimum Gasteiger partial charge on any atom is -0.339 e. The first kappa shape index (κ1) is 25.2. The Kier molecular flexibility index (Phi) is 6.75. The van der Waals surface area contributed by atoms with E-state index in [0.29, 0.717) is 35.6 Å². The Morgan fingerprint density at radius 3 is 2.21 bits per heavy atom. The van der Waals surface area contributed by atoms with Gasteiger partial charge in [0.05, 0.1) is 5.56 Å². The first-order valence-electron chi connectivity index (χ1n) is 12.2. The molecule has 3 heterocycles. The highest BCUT2D eigenvalue weighted by Gasteiger charge is 2.32. The number of hydrogen-bond acceptors (Lipinski definition) is 5. The predicted molar refractivity (Wildman–Crippen MR) is 137 cm³/mol. The van der Waals surface area contributed by atoms with Crippen molar-refractivity contribution < 1.29 is 22.8 Å². The van der Waals surface area contributed by atoms with Crippen LogP contribution in [0.4, 0.5) is 30.5 Å². The molecule has 1 aliphatic heterocycles. The summed E-state index contributed by atoms with van der Waals surface area (Å²) in [7, 11) is 0. The third-order valence-electron chi connectivity index (χ3n) is 6.31. The van der Waals surface area contributed by atoms with Crippen LogP contribution in [0.25, 0.3) is 16.8 Å². The van der Waals surface area contributed by atoms with Crippen LogP contribution in [0.2, 0.25) is 0 Å². The lowest BCUT2D eigenvalue weighted by Crippen LogP contribution is -2.35. The number of carbonyl (C=O) groups is 2. The van der Waals surface area contributed by atoms with E-state index in [2.05, 4.69) is 20.7 Å². The van der Waals surface area contributed by atoms with Crippen LogP contribution in [0.1, 0.15) is 42.1 Å². The van der Waals surface area contributed by atoms with Gasteiger partial charge in [-0.15, -0.1) is 5.10 Å². The van der Waals surface area contributed by atoms with E-state index in [1.54, 1.807) is 53.4 Å². The van der Waals surface area contributed by atoms with E-state index < -0.39 is 11.7 Å². The molecular weight excluding hydrogens is 497 g/mol. The highest BCUT2D eigenvalue weighted by molar-refractivity contribution is 5.95. The first-order chi connectivity index (χ1) is 18.2. The molecule has 8 nitrogen and oxygen atoms in total. The van der Waals surface area contributed by atoms with Crippen molar-refractivity contribution >= 4 is 34.8 Å². The zero-order chi connectivity index (χ0) is 26.9. The van der Waals surface area contributed by atoms with Gasteiger partial charge in [-0.2, -0.15) is 18.2 Å². The quantitative estimate of drug-likeness (QED) is 0.349. The smallest absolute Gasteiger partial charge is 0.339 e. The molecule has 0 saturated carbocycles. The molecule has 2 amide bonds. The van der Waals surface area contributed by atoms with Crippen LogP contribution in [0.15, 0.2) is 60.8 Å². The van der Waals surface area contributed by atoms with Gasteiger partial charge >= 0.3 is 6.18 Å². The number of anilines is 3. The molecule has 1 aliphatic rings. The highest BCUT2D eigenvalue weighted by atomic mass is 19.4. The number of rotatable bonds is 5. The lowest BCUT2D eigenvalue weighted by Gasteiger charge is -2.26. The number of nitrogens with one attached hydrogen (secondary N) is 2. The summed E-state index contributed by atoms with van der Waals surface area (Å²) in [5.41, 5.74) is 1.76. The molecule has 1 fully saturated rings. The van der Waals surface area contributed by atoms with Crippen molar-refractivity contribution in [3.8, 4) is 11.1 Å². The fourth-order valence-corrected chi connectivity index (χ4v) is 4.45. The summed E-state index contributed by atoms with van der Waals surface area (Å²) in [6.45, 7) is 2.82. The van der Waals surface area contributed by atoms with E-state index in [-0.39, 0.29) is 29.0 Å². The Balaban J connectivity index is 1.47. The van der Waals surface area contributed by atoms with Gasteiger partial charge in [-0.05, 0) is 67.3 Å². The molecule has 0 bridgehead atoms. The number of aromatic nitrogens is 3. The minimum atomic E-state index is -4.59. The van der Waals surface area contributed by atoms with Crippen molar-refractivity contribution in [2.45, 2.75) is 32.4 Å². The molecule has 0 atom stereocenters. The monoisotopic (exact) mass is 522 g/mol. The molecule has 0 aliphatic carbocycles. The van der Waals surface area contributed by atoms with Crippen LogP contribution in [0.3, 0.4) is 0 Å². The Labute approximate surface area is 216 Å². The fourth-order valence-electron chi connectivity index (χ4n) is 4.45. The number of amides is 2. The van der Waals surface area contributed by atoms with Crippen molar-refractivity contribution in [1.29, 1.82) is 0 Å². The molecule has 5 rings (SSSR count). The first-order valence-corrected chi connectivity index (χ1v) is 12.2. The molecule has 196 valence electrons. The summed E-state index contributed by atoms with van der Waals surface area (Å²) in [6, 6.07) is 14.3. The second kappa shape index (κ2) is 10.2. The van der Waals surface area contributed by atoms with Crippen LogP contribution in [-0.2, 0) is 11.0 Å². The SMILES string of the molecule is CC(=O)Nc1ccc(Nc2nc3c(-c4ccc(C(=O)N5CCCCC5)cc4)cc(C(F)(F)F)cn3n2)cc1. The molecule has 2 aromatic carbocycles. The Morgan fingerprint density at radius 1 is 0.921 bits per heavy atom. The lowest BCUT2D eigenvalue weighted by atomic mass is 10.0. The summed E-state index contributed by atoms with van der Waals surface area (Å²) in [5, 5.41) is 9.85. The molecule has 0 radical (unpaired) electrons. The molecule has 0 unspecified atom stereocenters. The van der Waals surface area contributed by atoms with Crippen molar-refractivity contribution in [3.05, 3.63) is 71.9 Å². The van der Waals surface area contributed by atoms with E-state index in [1.807, 2.05) is 0 Å². The summed E-state index contributed by atoms with van der Waals surface area (Å²) >= 11 is 0. The van der Waals surface area contributed by atoms with E-state index in [0.717, 1.165) is 36.0 Å². The largest absolute Gasteiger partial charge is 0.417 e. The predicted octanol–water partition coefficient (Wildman–Crippen LogP) is 5.74. The number of alkyl halides is 3. The second-order valence-electron chi connectivity index (χ2n) is 9.16. The zero-order valence-corrected chi connectivity index (χ0v) is 20.5. The Bertz CT molecular complexity index is 1470. The standard InChI is InChI=1S/C27H25F3N6O2/c1-17(37)31-21-9-11-22(12-10-21)32-26-33-24-23(15-20(27(28,29)30)16-36(24)34-26)18-5-7-19(8-6-18)25(38)35-13-3-2-4-14-35/h5-12,15-16H,2-4,13-14H2,1H3,(H,31,37)(H,32,34). The van der Waals surface area contributed by atoms with Gasteiger partial charge < -0.3 is 15.5 Å².